The molecule has 0 radical (unpaired) electrons. The number of fused-ring (bicyclic) bond motifs is 1. The molecule has 0 bridgehead atoms. The zero-order valence-electron chi connectivity index (χ0n) is 18.9. The molecule has 2 aliphatic rings. The summed E-state index contributed by atoms with van der Waals surface area (Å²) >= 11 is 1.24. The summed E-state index contributed by atoms with van der Waals surface area (Å²) in [6.45, 7) is 3.70. The molecule has 1 aromatic carbocycles. The quantitative estimate of drug-likeness (QED) is 0.391. The minimum atomic E-state index is -3.09. The van der Waals surface area contributed by atoms with Gasteiger partial charge >= 0.3 is 0 Å². The van der Waals surface area contributed by atoms with Gasteiger partial charge in [-0.25, -0.2) is 13.4 Å². The van der Waals surface area contributed by atoms with E-state index in [1.54, 1.807) is 21.6 Å². The van der Waals surface area contributed by atoms with Gasteiger partial charge in [0.2, 0.25) is 5.91 Å². The van der Waals surface area contributed by atoms with Gasteiger partial charge in [0.15, 0.2) is 15.0 Å². The van der Waals surface area contributed by atoms with E-state index in [1.165, 1.54) is 11.8 Å². The van der Waals surface area contributed by atoms with Crippen molar-refractivity contribution in [3.05, 3.63) is 34.6 Å². The Morgan fingerprint density at radius 3 is 2.82 bits per heavy atom. The van der Waals surface area contributed by atoms with Gasteiger partial charge in [-0.1, -0.05) is 37.2 Å². The van der Waals surface area contributed by atoms with Crippen LogP contribution in [-0.2, 0) is 25.9 Å². The van der Waals surface area contributed by atoms with Crippen molar-refractivity contribution in [2.45, 2.75) is 62.9 Å². The average Bonchev–Trinajstić information content (AvgIpc) is 3.44. The van der Waals surface area contributed by atoms with Gasteiger partial charge in [0.05, 0.1) is 40.8 Å². The molecule has 4 rings (SSSR count). The predicted octanol–water partition coefficient (Wildman–Crippen LogP) is 2.48. The molecular weight excluding hydrogens is 462 g/mol. The third-order valence-electron chi connectivity index (χ3n) is 6.28. The van der Waals surface area contributed by atoms with Crippen LogP contribution in [-0.4, -0.2) is 71.3 Å². The molecule has 2 aromatic rings. The maximum absolute atomic E-state index is 13.2. The van der Waals surface area contributed by atoms with E-state index in [9.17, 15) is 18.0 Å². The van der Waals surface area contributed by atoms with E-state index in [0.717, 1.165) is 25.7 Å². The third-order valence-corrected chi connectivity index (χ3v) is 9.00. The van der Waals surface area contributed by atoms with Crippen LogP contribution >= 0.6 is 11.8 Å². The molecule has 0 aliphatic carbocycles. The standard InChI is InChI=1S/C23H31N3O5S2/c1-2-3-11-25(17-10-13-33(29,30)16-17)21(27)15-32-23-24-20-9-5-4-8-19(20)22(28)26(23)14-18-7-6-12-31-18/h4-5,8-9,17-18H,2-3,6-7,10-16H2,1H3. The first-order valence-electron chi connectivity index (χ1n) is 11.6. The Morgan fingerprint density at radius 1 is 1.30 bits per heavy atom. The lowest BCUT2D eigenvalue weighted by atomic mass is 10.2. The fourth-order valence-corrected chi connectivity index (χ4v) is 7.11. The average molecular weight is 494 g/mol. The van der Waals surface area contributed by atoms with Crippen LogP contribution in [0.15, 0.2) is 34.2 Å². The summed E-state index contributed by atoms with van der Waals surface area (Å²) in [4.78, 5) is 32.8. The first-order valence-corrected chi connectivity index (χ1v) is 14.4. The number of rotatable bonds is 9. The van der Waals surface area contributed by atoms with Crippen molar-refractivity contribution in [1.82, 2.24) is 14.5 Å². The molecule has 1 aromatic heterocycles. The summed E-state index contributed by atoms with van der Waals surface area (Å²) in [5, 5.41) is 1.05. The Labute approximate surface area is 198 Å². The molecule has 33 heavy (non-hydrogen) atoms. The molecule has 180 valence electrons. The summed E-state index contributed by atoms with van der Waals surface area (Å²) in [6.07, 6.45) is 4.06. The van der Waals surface area contributed by atoms with E-state index in [2.05, 4.69) is 0 Å². The van der Waals surface area contributed by atoms with Gasteiger partial charge in [-0.15, -0.1) is 0 Å². The SMILES string of the molecule is CCCCN(C(=O)CSc1nc2ccccc2c(=O)n1CC1CCCO1)C1CCS(=O)(=O)C1. The largest absolute Gasteiger partial charge is 0.376 e. The number of para-hydroxylation sites is 1. The molecule has 0 spiro atoms. The van der Waals surface area contributed by atoms with E-state index in [4.69, 9.17) is 9.72 Å². The molecule has 0 saturated carbocycles. The lowest BCUT2D eigenvalue weighted by Gasteiger charge is -2.28. The van der Waals surface area contributed by atoms with Crippen molar-refractivity contribution in [3.8, 4) is 0 Å². The maximum Gasteiger partial charge on any atom is 0.262 e. The monoisotopic (exact) mass is 493 g/mol. The van der Waals surface area contributed by atoms with E-state index in [0.29, 0.717) is 42.2 Å². The van der Waals surface area contributed by atoms with Crippen LogP contribution in [0.4, 0.5) is 0 Å². The smallest absolute Gasteiger partial charge is 0.262 e. The highest BCUT2D eigenvalue weighted by Gasteiger charge is 2.34. The van der Waals surface area contributed by atoms with E-state index in [1.807, 2.05) is 19.1 Å². The second-order valence-electron chi connectivity index (χ2n) is 8.75. The Hall–Kier alpha value is -1.91. The molecule has 8 nitrogen and oxygen atoms in total. The van der Waals surface area contributed by atoms with Gasteiger partial charge in [-0.05, 0) is 37.8 Å². The highest BCUT2D eigenvalue weighted by Crippen LogP contribution is 2.24. The van der Waals surface area contributed by atoms with Gasteiger partial charge < -0.3 is 9.64 Å². The number of thioether (sulfide) groups is 1. The number of benzene rings is 1. The zero-order valence-corrected chi connectivity index (χ0v) is 20.6. The van der Waals surface area contributed by atoms with E-state index in [-0.39, 0.29) is 40.9 Å². The summed E-state index contributed by atoms with van der Waals surface area (Å²) in [6, 6.07) is 6.96. The fraction of sp³-hybridized carbons (Fsp3) is 0.609. The van der Waals surface area contributed by atoms with Crippen LogP contribution in [0.25, 0.3) is 10.9 Å². The van der Waals surface area contributed by atoms with Crippen molar-refractivity contribution in [3.63, 3.8) is 0 Å². The number of unbranched alkanes of at least 4 members (excludes halogenated alkanes) is 1. The molecular formula is C23H31N3O5S2. The number of carbonyl (C=O) groups excluding carboxylic acids is 1. The second kappa shape index (κ2) is 10.6. The van der Waals surface area contributed by atoms with Crippen LogP contribution in [0.3, 0.4) is 0 Å². The number of hydrogen-bond acceptors (Lipinski definition) is 7. The molecule has 2 aliphatic heterocycles. The minimum absolute atomic E-state index is 0.0328. The highest BCUT2D eigenvalue weighted by atomic mass is 32.2. The van der Waals surface area contributed by atoms with Crippen LogP contribution < -0.4 is 5.56 Å². The fourth-order valence-electron chi connectivity index (χ4n) is 4.48. The summed E-state index contributed by atoms with van der Waals surface area (Å²) < 4.78 is 31.4. The molecule has 3 heterocycles. The number of hydrogen-bond donors (Lipinski definition) is 0. The Bertz CT molecular complexity index is 1160. The lowest BCUT2D eigenvalue weighted by Crippen LogP contribution is -2.42. The predicted molar refractivity (Wildman–Crippen MR) is 129 cm³/mol. The van der Waals surface area contributed by atoms with Gasteiger partial charge in [0.25, 0.3) is 5.56 Å². The lowest BCUT2D eigenvalue weighted by molar-refractivity contribution is -0.130. The van der Waals surface area contributed by atoms with Crippen LogP contribution in [0.5, 0.6) is 0 Å². The molecule has 10 heteroatoms. The Morgan fingerprint density at radius 2 is 2.12 bits per heavy atom. The van der Waals surface area contributed by atoms with E-state index < -0.39 is 9.84 Å². The number of carbonyl (C=O) groups is 1. The summed E-state index contributed by atoms with van der Waals surface area (Å²) in [5.74, 6) is 0.164. The van der Waals surface area contributed by atoms with Crippen molar-refractivity contribution >= 4 is 38.4 Å². The van der Waals surface area contributed by atoms with Crippen molar-refractivity contribution in [2.75, 3.05) is 30.4 Å². The first-order chi connectivity index (χ1) is 15.9. The zero-order chi connectivity index (χ0) is 23.4. The van der Waals surface area contributed by atoms with Crippen molar-refractivity contribution < 1.29 is 17.9 Å². The highest BCUT2D eigenvalue weighted by molar-refractivity contribution is 7.99. The van der Waals surface area contributed by atoms with E-state index >= 15 is 0 Å². The molecule has 0 N–H and O–H groups in total. The van der Waals surface area contributed by atoms with Crippen LogP contribution in [0, 0.1) is 0 Å². The van der Waals surface area contributed by atoms with Crippen molar-refractivity contribution in [2.24, 2.45) is 0 Å². The third kappa shape index (κ3) is 5.78. The number of sulfone groups is 1. The Kier molecular flexibility index (Phi) is 7.76. The normalized spacial score (nSPS) is 22.1. The molecule has 2 fully saturated rings. The Balaban J connectivity index is 1.56. The summed E-state index contributed by atoms with van der Waals surface area (Å²) in [7, 11) is -3.09. The van der Waals surface area contributed by atoms with Gasteiger partial charge in [0, 0.05) is 19.2 Å². The van der Waals surface area contributed by atoms with Gasteiger partial charge in [-0.3, -0.25) is 14.2 Å². The van der Waals surface area contributed by atoms with Crippen LogP contribution in [0.2, 0.25) is 0 Å². The van der Waals surface area contributed by atoms with Crippen LogP contribution in [0.1, 0.15) is 39.0 Å². The number of amides is 1. The van der Waals surface area contributed by atoms with Gasteiger partial charge in [-0.2, -0.15) is 0 Å². The summed E-state index contributed by atoms with van der Waals surface area (Å²) in [5.41, 5.74) is 0.474. The van der Waals surface area contributed by atoms with Gasteiger partial charge in [0.1, 0.15) is 0 Å². The number of aromatic nitrogens is 2. The molecule has 2 saturated heterocycles. The number of nitrogens with zero attached hydrogens (tertiary/aromatic N) is 3. The maximum atomic E-state index is 13.2. The topological polar surface area (TPSA) is 98.6 Å². The second-order valence-corrected chi connectivity index (χ2v) is 11.9. The molecule has 2 unspecified atom stereocenters. The molecule has 1 amide bonds. The number of ether oxygens (including phenoxy) is 1. The van der Waals surface area contributed by atoms with Crippen molar-refractivity contribution in [1.29, 1.82) is 0 Å². The molecule has 2 atom stereocenters. The minimum Gasteiger partial charge on any atom is -0.376 e. The first kappa shape index (κ1) is 24.2.